The Morgan fingerprint density at radius 2 is 1.65 bits per heavy atom. The SMILES string of the molecule is O=C(O)Cc1ccc(C2=NOC3(CCN(Cc4cc(C5CC5)c(Cl)c(C5CC5)c4)CC3)C2)cc1. The second kappa shape index (κ2) is 8.69. The molecule has 6 heteroatoms. The number of rotatable bonds is 7. The lowest BCUT2D eigenvalue weighted by Crippen LogP contribution is -2.44. The van der Waals surface area contributed by atoms with Gasteiger partial charge in [-0.1, -0.05) is 53.2 Å². The maximum Gasteiger partial charge on any atom is 0.307 e. The number of hydrogen-bond acceptors (Lipinski definition) is 4. The minimum absolute atomic E-state index is 0.0426. The van der Waals surface area contributed by atoms with Crippen LogP contribution in [0, 0.1) is 0 Å². The van der Waals surface area contributed by atoms with E-state index in [1.54, 1.807) is 0 Å². The van der Waals surface area contributed by atoms with E-state index in [1.165, 1.54) is 42.4 Å². The molecule has 0 amide bonds. The van der Waals surface area contributed by atoms with Crippen molar-refractivity contribution in [3.05, 3.63) is 69.2 Å². The van der Waals surface area contributed by atoms with Gasteiger partial charge in [0, 0.05) is 43.9 Å². The smallest absolute Gasteiger partial charge is 0.307 e. The Bertz CT molecular complexity index is 1090. The van der Waals surface area contributed by atoms with Gasteiger partial charge in [-0.25, -0.2) is 0 Å². The molecule has 6 rings (SSSR count). The average molecular weight is 479 g/mol. The highest BCUT2D eigenvalue weighted by molar-refractivity contribution is 6.32. The highest BCUT2D eigenvalue weighted by Crippen LogP contribution is 2.50. The molecular formula is C28H31ClN2O3. The number of carboxylic acids is 1. The third kappa shape index (κ3) is 4.60. The summed E-state index contributed by atoms with van der Waals surface area (Å²) < 4.78 is 0. The van der Waals surface area contributed by atoms with E-state index in [4.69, 9.17) is 21.5 Å². The fourth-order valence-corrected chi connectivity index (χ4v) is 5.94. The molecule has 0 bridgehead atoms. The zero-order valence-corrected chi connectivity index (χ0v) is 20.2. The highest BCUT2D eigenvalue weighted by Gasteiger charge is 2.42. The number of nitrogens with zero attached hydrogens (tertiary/aromatic N) is 2. The Morgan fingerprint density at radius 1 is 1.03 bits per heavy atom. The second-order valence-electron chi connectivity index (χ2n) is 10.7. The summed E-state index contributed by atoms with van der Waals surface area (Å²) in [6.45, 7) is 2.98. The van der Waals surface area contributed by atoms with Crippen LogP contribution in [-0.2, 0) is 22.6 Å². The van der Waals surface area contributed by atoms with Gasteiger partial charge < -0.3 is 9.94 Å². The first-order chi connectivity index (χ1) is 16.5. The lowest BCUT2D eigenvalue weighted by molar-refractivity contribution is -0.136. The third-order valence-corrected chi connectivity index (χ3v) is 8.31. The van der Waals surface area contributed by atoms with E-state index in [1.807, 2.05) is 24.3 Å². The zero-order valence-electron chi connectivity index (χ0n) is 19.4. The molecule has 3 fully saturated rings. The summed E-state index contributed by atoms with van der Waals surface area (Å²) in [6.07, 6.45) is 7.91. The molecule has 2 aliphatic carbocycles. The molecule has 0 radical (unpaired) electrons. The lowest BCUT2D eigenvalue weighted by atomic mass is 9.85. The van der Waals surface area contributed by atoms with E-state index in [-0.39, 0.29) is 12.0 Å². The minimum Gasteiger partial charge on any atom is -0.481 e. The number of likely N-dealkylation sites (tertiary alicyclic amines) is 1. The van der Waals surface area contributed by atoms with Gasteiger partial charge in [0.25, 0.3) is 0 Å². The van der Waals surface area contributed by atoms with Gasteiger partial charge in [0.15, 0.2) is 0 Å². The van der Waals surface area contributed by atoms with Crippen LogP contribution in [-0.4, -0.2) is 40.4 Å². The van der Waals surface area contributed by atoms with Crippen LogP contribution in [0.2, 0.25) is 5.02 Å². The Labute approximate surface area is 205 Å². The van der Waals surface area contributed by atoms with Crippen LogP contribution in [0.5, 0.6) is 0 Å². The minimum atomic E-state index is -0.814. The molecule has 178 valence electrons. The molecule has 0 unspecified atom stereocenters. The van der Waals surface area contributed by atoms with Crippen molar-refractivity contribution in [1.29, 1.82) is 0 Å². The van der Waals surface area contributed by atoms with Crippen LogP contribution in [0.15, 0.2) is 41.6 Å². The van der Waals surface area contributed by atoms with Crippen molar-refractivity contribution in [2.75, 3.05) is 13.1 Å². The van der Waals surface area contributed by atoms with Gasteiger partial charge in [-0.05, 0) is 65.3 Å². The van der Waals surface area contributed by atoms with Crippen LogP contribution in [0.1, 0.15) is 84.6 Å². The summed E-state index contributed by atoms with van der Waals surface area (Å²) in [6, 6.07) is 12.4. The Kier molecular flexibility index (Phi) is 5.65. The topological polar surface area (TPSA) is 62.1 Å². The van der Waals surface area contributed by atoms with Crippen molar-refractivity contribution in [2.24, 2.45) is 5.16 Å². The molecule has 1 saturated heterocycles. The number of hydrogen-bond donors (Lipinski definition) is 1. The fourth-order valence-electron chi connectivity index (χ4n) is 5.52. The number of carbonyl (C=O) groups is 1. The molecule has 2 heterocycles. The quantitative estimate of drug-likeness (QED) is 0.539. The molecule has 0 atom stereocenters. The average Bonchev–Trinajstić information content (AvgIpc) is 3.75. The van der Waals surface area contributed by atoms with Gasteiger partial charge in [0.2, 0.25) is 0 Å². The maximum atomic E-state index is 10.9. The van der Waals surface area contributed by atoms with Gasteiger partial charge in [-0.2, -0.15) is 0 Å². The van der Waals surface area contributed by atoms with Crippen LogP contribution < -0.4 is 0 Å². The first kappa shape index (κ1) is 22.1. The van der Waals surface area contributed by atoms with E-state index >= 15 is 0 Å². The second-order valence-corrected chi connectivity index (χ2v) is 11.0. The van der Waals surface area contributed by atoms with Crippen molar-refractivity contribution < 1.29 is 14.7 Å². The van der Waals surface area contributed by atoms with Crippen LogP contribution in [0.3, 0.4) is 0 Å². The highest BCUT2D eigenvalue weighted by atomic mass is 35.5. The Balaban J connectivity index is 1.08. The number of piperidine rings is 1. The largest absolute Gasteiger partial charge is 0.481 e. The molecule has 4 aliphatic rings. The van der Waals surface area contributed by atoms with E-state index in [9.17, 15) is 4.79 Å². The van der Waals surface area contributed by atoms with E-state index in [0.717, 1.165) is 60.8 Å². The standard InChI is InChI=1S/C28H31ClN2O3/c29-27-23(20-5-6-20)13-19(14-24(27)21-7-8-21)17-31-11-9-28(10-12-31)16-25(30-34-28)22-3-1-18(2-4-22)15-26(32)33/h1-4,13-14,20-21H,5-12,15-17H2,(H,32,33). The van der Waals surface area contributed by atoms with E-state index < -0.39 is 5.97 Å². The molecule has 5 nitrogen and oxygen atoms in total. The van der Waals surface area contributed by atoms with Crippen molar-refractivity contribution in [2.45, 2.75) is 75.3 Å². The van der Waals surface area contributed by atoms with Crippen molar-refractivity contribution in [3.8, 4) is 0 Å². The normalized spacial score (nSPS) is 22.0. The first-order valence-electron chi connectivity index (χ1n) is 12.6. The number of benzene rings is 2. The van der Waals surface area contributed by atoms with Gasteiger partial charge in [0.05, 0.1) is 12.1 Å². The summed E-state index contributed by atoms with van der Waals surface area (Å²) >= 11 is 6.80. The first-order valence-corrected chi connectivity index (χ1v) is 13.0. The summed E-state index contributed by atoms with van der Waals surface area (Å²) in [7, 11) is 0. The molecule has 2 saturated carbocycles. The van der Waals surface area contributed by atoms with Gasteiger partial charge in [-0.3, -0.25) is 9.69 Å². The van der Waals surface area contributed by atoms with E-state index in [2.05, 4.69) is 22.2 Å². The summed E-state index contributed by atoms with van der Waals surface area (Å²) in [5.41, 5.74) is 6.78. The number of carboxylic acid groups (broad SMARTS) is 1. The molecule has 34 heavy (non-hydrogen) atoms. The zero-order chi connectivity index (χ0) is 23.3. The fraction of sp³-hybridized carbons (Fsp3) is 0.500. The van der Waals surface area contributed by atoms with Gasteiger partial charge >= 0.3 is 5.97 Å². The predicted octanol–water partition coefficient (Wildman–Crippen LogP) is 5.88. The lowest BCUT2D eigenvalue weighted by Gasteiger charge is -2.37. The number of aliphatic carboxylic acids is 1. The summed E-state index contributed by atoms with van der Waals surface area (Å²) in [4.78, 5) is 19.5. The van der Waals surface area contributed by atoms with Crippen LogP contribution in [0.4, 0.5) is 0 Å². The maximum absolute atomic E-state index is 10.9. The van der Waals surface area contributed by atoms with Crippen molar-refractivity contribution in [3.63, 3.8) is 0 Å². The molecule has 1 spiro atoms. The predicted molar refractivity (Wildman–Crippen MR) is 133 cm³/mol. The van der Waals surface area contributed by atoms with Crippen molar-refractivity contribution in [1.82, 2.24) is 4.90 Å². The third-order valence-electron chi connectivity index (χ3n) is 7.88. The van der Waals surface area contributed by atoms with Crippen molar-refractivity contribution >= 4 is 23.3 Å². The molecule has 2 aromatic carbocycles. The van der Waals surface area contributed by atoms with E-state index in [0.29, 0.717) is 11.8 Å². The molecule has 0 aromatic heterocycles. The number of oxime groups is 1. The summed E-state index contributed by atoms with van der Waals surface area (Å²) in [5, 5.41) is 14.5. The molecule has 1 N–H and O–H groups in total. The van der Waals surface area contributed by atoms with Gasteiger partial charge in [-0.15, -0.1) is 0 Å². The monoisotopic (exact) mass is 478 g/mol. The molecule has 2 aromatic rings. The summed E-state index contributed by atoms with van der Waals surface area (Å²) in [5.74, 6) is 0.539. The van der Waals surface area contributed by atoms with Gasteiger partial charge in [0.1, 0.15) is 5.60 Å². The number of halogens is 1. The molecule has 2 aliphatic heterocycles. The Morgan fingerprint density at radius 3 is 2.21 bits per heavy atom. The Hall–Kier alpha value is -2.37. The van der Waals surface area contributed by atoms with Crippen LogP contribution in [0.25, 0.3) is 0 Å². The molecular weight excluding hydrogens is 448 g/mol. The van der Waals surface area contributed by atoms with Crippen LogP contribution >= 0.6 is 11.6 Å².